The summed E-state index contributed by atoms with van der Waals surface area (Å²) in [4.78, 5) is 17.1. The summed E-state index contributed by atoms with van der Waals surface area (Å²) in [5, 5.41) is 3.89. The fourth-order valence-corrected chi connectivity index (χ4v) is 7.42. The Kier molecular flexibility index (Phi) is 24.7. The van der Waals surface area contributed by atoms with Gasteiger partial charge >= 0.3 is 6.16 Å². The topological polar surface area (TPSA) is 63.3 Å². The number of hydrogen-bond donors (Lipinski definition) is 1. The van der Waals surface area contributed by atoms with E-state index < -0.39 is 14.5 Å². The van der Waals surface area contributed by atoms with Gasteiger partial charge in [-0.25, -0.2) is 4.79 Å². The molecule has 46 heavy (non-hydrogen) atoms. The Balaban J connectivity index is 2.29. The normalized spacial score (nSPS) is 18.1. The Morgan fingerprint density at radius 1 is 0.761 bits per heavy atom. The molecule has 8 heteroatoms. The quantitative estimate of drug-likeness (QED) is 0.0886. The van der Waals surface area contributed by atoms with Crippen LogP contribution >= 0.6 is 0 Å². The number of likely N-dealkylation sites (N-methyl/N-ethyl adjacent to an activating group) is 1. The van der Waals surface area contributed by atoms with Gasteiger partial charge in [0.1, 0.15) is 6.10 Å². The Morgan fingerprint density at radius 2 is 1.28 bits per heavy atom. The van der Waals surface area contributed by atoms with E-state index in [1.54, 1.807) is 0 Å². The molecule has 0 heterocycles. The van der Waals surface area contributed by atoms with Crippen LogP contribution in [-0.2, 0) is 13.9 Å². The molecule has 0 amide bonds. The summed E-state index contributed by atoms with van der Waals surface area (Å²) in [5.41, 5.74) is 0. The van der Waals surface area contributed by atoms with Gasteiger partial charge in [0.15, 0.2) is 8.32 Å². The van der Waals surface area contributed by atoms with Gasteiger partial charge < -0.3 is 29.0 Å². The molecule has 0 radical (unpaired) electrons. The molecule has 0 aromatic rings. The summed E-state index contributed by atoms with van der Waals surface area (Å²) in [7, 11) is 4.66. The van der Waals surface area contributed by atoms with E-state index in [2.05, 4.69) is 70.1 Å². The highest BCUT2D eigenvalue weighted by atomic mass is 28.4. The monoisotopic (exact) mass is 670 g/mol. The van der Waals surface area contributed by atoms with Gasteiger partial charge in [0.2, 0.25) is 0 Å². The second-order valence-corrected chi connectivity index (χ2v) is 20.8. The van der Waals surface area contributed by atoms with E-state index >= 15 is 0 Å². The molecule has 1 unspecified atom stereocenters. The van der Waals surface area contributed by atoms with Crippen LogP contribution in [0.1, 0.15) is 149 Å². The minimum absolute atomic E-state index is 0.0220. The largest absolute Gasteiger partial charge is 0.508 e. The summed E-state index contributed by atoms with van der Waals surface area (Å²) < 4.78 is 18.2. The highest BCUT2D eigenvalue weighted by Gasteiger charge is 2.39. The molecule has 274 valence electrons. The summed E-state index contributed by atoms with van der Waals surface area (Å²) >= 11 is 0. The fraction of sp³-hybridized carbons (Fsp3) is 0.974. The molecule has 7 nitrogen and oxygen atoms in total. The van der Waals surface area contributed by atoms with Crippen LogP contribution < -0.4 is 5.32 Å². The van der Waals surface area contributed by atoms with Gasteiger partial charge in [-0.15, -0.1) is 0 Å². The van der Waals surface area contributed by atoms with Gasteiger partial charge in [-0.05, 0) is 104 Å². The van der Waals surface area contributed by atoms with Crippen LogP contribution in [0.15, 0.2) is 0 Å². The summed E-state index contributed by atoms with van der Waals surface area (Å²) in [5.74, 6) is 0. The van der Waals surface area contributed by atoms with E-state index in [9.17, 15) is 4.79 Å². The molecule has 0 aliphatic heterocycles. The first-order valence-corrected chi connectivity index (χ1v) is 22.4. The average Bonchev–Trinajstić information content (AvgIpc) is 2.96. The van der Waals surface area contributed by atoms with Gasteiger partial charge in [-0.3, -0.25) is 0 Å². The minimum atomic E-state index is -1.84. The number of ether oxygens (including phenoxy) is 2. The Labute approximate surface area is 287 Å². The first kappa shape index (κ1) is 43.3. The zero-order valence-electron chi connectivity index (χ0n) is 32.1. The van der Waals surface area contributed by atoms with Crippen LogP contribution in [0, 0.1) is 0 Å². The van der Waals surface area contributed by atoms with Crippen molar-refractivity contribution in [1.29, 1.82) is 0 Å². The second kappa shape index (κ2) is 26.2. The van der Waals surface area contributed by atoms with Crippen LogP contribution in [0.3, 0.4) is 0 Å². The SMILES string of the molecule is CN(C)CCCN(C)CC(CNCCCCCCOC(=O)OC1CCCCCCCCCCCCCCC1)O[Si](C)(C)C(C)(C)C. The molecular weight excluding hydrogens is 591 g/mol. The van der Waals surface area contributed by atoms with Gasteiger partial charge in [0.25, 0.3) is 0 Å². The van der Waals surface area contributed by atoms with Crippen LogP contribution in [0.2, 0.25) is 18.1 Å². The third kappa shape index (κ3) is 23.6. The molecule has 0 aromatic carbocycles. The molecule has 1 fully saturated rings. The van der Waals surface area contributed by atoms with Crippen LogP contribution in [0.5, 0.6) is 0 Å². The van der Waals surface area contributed by atoms with Crippen molar-refractivity contribution in [3.63, 3.8) is 0 Å². The molecule has 1 rings (SSSR count). The Bertz CT molecular complexity index is 715. The van der Waals surface area contributed by atoms with Crippen LogP contribution in [0.25, 0.3) is 0 Å². The third-order valence-corrected chi connectivity index (χ3v) is 14.6. The maximum absolute atomic E-state index is 12.5. The van der Waals surface area contributed by atoms with E-state index in [1.165, 1.54) is 77.0 Å². The highest BCUT2D eigenvalue weighted by molar-refractivity contribution is 6.74. The van der Waals surface area contributed by atoms with Crippen molar-refractivity contribution >= 4 is 14.5 Å². The van der Waals surface area contributed by atoms with Crippen molar-refractivity contribution < 1.29 is 18.7 Å². The lowest BCUT2D eigenvalue weighted by Gasteiger charge is -2.40. The zero-order valence-corrected chi connectivity index (χ0v) is 33.1. The van der Waals surface area contributed by atoms with E-state index in [4.69, 9.17) is 13.9 Å². The van der Waals surface area contributed by atoms with Gasteiger partial charge in [-0.1, -0.05) is 104 Å². The fourth-order valence-electron chi connectivity index (χ4n) is 6.08. The number of unbranched alkanes of at least 4 members (excludes halogenated alkanes) is 3. The standard InChI is InChI=1S/C38H79N3O4Si/c1-38(2,3)46(7,8)45-36(34-41(6)31-26-30-40(4)5)33-39-29-24-20-21-25-32-43-37(42)44-35-27-22-18-16-14-12-10-9-11-13-15-17-19-23-28-35/h35-36,39H,9-34H2,1-8H3. The van der Waals surface area contributed by atoms with Crippen LogP contribution in [-0.4, -0.2) is 97.0 Å². The van der Waals surface area contributed by atoms with E-state index in [0.29, 0.717) is 6.61 Å². The third-order valence-electron chi connectivity index (χ3n) is 10.1. The summed E-state index contributed by atoms with van der Waals surface area (Å²) in [6, 6.07) is 0. The zero-order chi connectivity index (χ0) is 34.1. The summed E-state index contributed by atoms with van der Waals surface area (Å²) in [6.07, 6.45) is 24.2. The number of nitrogens with zero attached hydrogens (tertiary/aromatic N) is 2. The van der Waals surface area contributed by atoms with Crippen molar-refractivity contribution in [3.05, 3.63) is 0 Å². The van der Waals surface area contributed by atoms with Crippen molar-refractivity contribution in [1.82, 2.24) is 15.1 Å². The van der Waals surface area contributed by atoms with Crippen molar-refractivity contribution in [3.8, 4) is 0 Å². The number of rotatable bonds is 18. The molecule has 0 bridgehead atoms. The lowest BCUT2D eigenvalue weighted by molar-refractivity contribution is 0.0154. The number of hydrogen-bond acceptors (Lipinski definition) is 7. The summed E-state index contributed by atoms with van der Waals surface area (Å²) in [6.45, 7) is 17.2. The number of carbonyl (C=O) groups excluding carboxylic acids is 1. The molecule has 1 atom stereocenters. The van der Waals surface area contributed by atoms with Crippen molar-refractivity contribution in [2.45, 2.75) is 180 Å². The number of nitrogens with one attached hydrogen (secondary N) is 1. The molecule has 1 aliphatic rings. The molecule has 1 aliphatic carbocycles. The van der Waals surface area contributed by atoms with E-state index in [-0.39, 0.29) is 17.2 Å². The average molecular weight is 670 g/mol. The van der Waals surface area contributed by atoms with E-state index in [0.717, 1.165) is 84.1 Å². The maximum Gasteiger partial charge on any atom is 0.508 e. The lowest BCUT2D eigenvalue weighted by Crippen LogP contribution is -2.49. The number of carbonyl (C=O) groups is 1. The first-order chi connectivity index (χ1) is 21.9. The minimum Gasteiger partial charge on any atom is -0.434 e. The van der Waals surface area contributed by atoms with Gasteiger partial charge in [-0.2, -0.15) is 0 Å². The van der Waals surface area contributed by atoms with Gasteiger partial charge in [0.05, 0.1) is 12.7 Å². The molecule has 0 aromatic heterocycles. The lowest BCUT2D eigenvalue weighted by atomic mass is 10.00. The van der Waals surface area contributed by atoms with Crippen molar-refractivity contribution in [2.24, 2.45) is 0 Å². The maximum atomic E-state index is 12.5. The molecule has 0 saturated heterocycles. The molecule has 1 N–H and O–H groups in total. The van der Waals surface area contributed by atoms with Gasteiger partial charge in [0, 0.05) is 13.1 Å². The van der Waals surface area contributed by atoms with E-state index in [1.807, 2.05) is 0 Å². The highest BCUT2D eigenvalue weighted by Crippen LogP contribution is 2.37. The molecule has 0 spiro atoms. The first-order valence-electron chi connectivity index (χ1n) is 19.5. The molecule has 1 saturated carbocycles. The van der Waals surface area contributed by atoms with Crippen LogP contribution in [0.4, 0.5) is 4.79 Å². The Morgan fingerprint density at radius 3 is 1.80 bits per heavy atom. The predicted octanol–water partition coefficient (Wildman–Crippen LogP) is 9.80. The smallest absolute Gasteiger partial charge is 0.434 e. The molecular formula is C38H79N3O4Si. The predicted molar refractivity (Wildman–Crippen MR) is 200 cm³/mol. The second-order valence-electron chi connectivity index (χ2n) is 16.0. The Hall–Kier alpha value is -0.673. The van der Waals surface area contributed by atoms with Crippen molar-refractivity contribution in [2.75, 3.05) is 60.5 Å².